The van der Waals surface area contributed by atoms with Crippen LogP contribution in [0.2, 0.25) is 5.02 Å². The number of amides is 1. The number of rotatable bonds is 6. The Kier molecular flexibility index (Phi) is 6.14. The van der Waals surface area contributed by atoms with Crippen LogP contribution in [0, 0.1) is 0 Å². The van der Waals surface area contributed by atoms with Crippen LogP contribution >= 0.6 is 11.6 Å². The molecule has 1 amide bonds. The zero-order valence-corrected chi connectivity index (χ0v) is 13.4. The van der Waals surface area contributed by atoms with Gasteiger partial charge in [0.2, 0.25) is 5.91 Å². The summed E-state index contributed by atoms with van der Waals surface area (Å²) >= 11 is 5.91. The van der Waals surface area contributed by atoms with E-state index in [2.05, 4.69) is 10.1 Å². The first-order valence-corrected chi connectivity index (χ1v) is 7.23. The summed E-state index contributed by atoms with van der Waals surface area (Å²) in [6, 6.07) is 10.6. The van der Waals surface area contributed by atoms with Crippen LogP contribution in [0.5, 0.6) is 11.5 Å². The highest BCUT2D eigenvalue weighted by Gasteiger charge is 2.05. The van der Waals surface area contributed by atoms with Crippen molar-refractivity contribution in [3.63, 3.8) is 0 Å². The molecule has 126 valence electrons. The minimum absolute atomic E-state index is 0.0159. The summed E-state index contributed by atoms with van der Waals surface area (Å²) in [5.41, 5.74) is 1.10. The first-order valence-electron chi connectivity index (χ1n) is 6.85. The molecular formula is C17H14ClF2NO3. The predicted molar refractivity (Wildman–Crippen MR) is 88.7 cm³/mol. The normalized spacial score (nSPS) is 10.9. The molecule has 4 nitrogen and oxygen atoms in total. The summed E-state index contributed by atoms with van der Waals surface area (Å²) in [5, 5.41) is 3.12. The van der Waals surface area contributed by atoms with Crippen molar-refractivity contribution < 1.29 is 23.0 Å². The Hall–Kier alpha value is -2.60. The van der Waals surface area contributed by atoms with Crippen LogP contribution in [-0.4, -0.2) is 19.6 Å². The van der Waals surface area contributed by atoms with Gasteiger partial charge in [-0.1, -0.05) is 11.6 Å². The Morgan fingerprint density at radius 3 is 2.54 bits per heavy atom. The lowest BCUT2D eigenvalue weighted by molar-refractivity contribution is -0.111. The number of benzene rings is 2. The maximum absolute atomic E-state index is 12.1. The van der Waals surface area contributed by atoms with Gasteiger partial charge >= 0.3 is 6.61 Å². The summed E-state index contributed by atoms with van der Waals surface area (Å²) in [6.45, 7) is -2.89. The zero-order valence-electron chi connectivity index (χ0n) is 12.6. The number of hydrogen-bond donors (Lipinski definition) is 1. The SMILES string of the molecule is COc1ccc(Cl)cc1/C=C/C(=O)Nc1ccc(OC(F)F)cc1. The van der Waals surface area contributed by atoms with Gasteiger partial charge in [0.25, 0.3) is 0 Å². The van der Waals surface area contributed by atoms with E-state index in [1.54, 1.807) is 24.3 Å². The number of alkyl halides is 2. The average molecular weight is 354 g/mol. The Balaban J connectivity index is 2.01. The molecule has 2 rings (SSSR count). The number of carbonyl (C=O) groups is 1. The van der Waals surface area contributed by atoms with E-state index in [-0.39, 0.29) is 11.7 Å². The van der Waals surface area contributed by atoms with Crippen molar-refractivity contribution in [1.82, 2.24) is 0 Å². The highest BCUT2D eigenvalue weighted by atomic mass is 35.5. The van der Waals surface area contributed by atoms with Crippen LogP contribution < -0.4 is 14.8 Å². The quantitative estimate of drug-likeness (QED) is 0.772. The molecule has 1 N–H and O–H groups in total. The molecule has 0 unspecified atom stereocenters. The van der Waals surface area contributed by atoms with Crippen LogP contribution in [0.4, 0.5) is 14.5 Å². The monoisotopic (exact) mass is 353 g/mol. The number of methoxy groups -OCH3 is 1. The van der Waals surface area contributed by atoms with Crippen molar-refractivity contribution in [3.8, 4) is 11.5 Å². The molecule has 0 heterocycles. The van der Waals surface area contributed by atoms with Gasteiger partial charge in [0.15, 0.2) is 0 Å². The first-order chi connectivity index (χ1) is 11.5. The smallest absolute Gasteiger partial charge is 0.387 e. The number of anilines is 1. The van der Waals surface area contributed by atoms with Gasteiger partial charge in [0.1, 0.15) is 11.5 Å². The maximum atomic E-state index is 12.1. The van der Waals surface area contributed by atoms with E-state index in [1.807, 2.05) is 0 Å². The van der Waals surface area contributed by atoms with Gasteiger partial charge < -0.3 is 14.8 Å². The van der Waals surface area contributed by atoms with E-state index < -0.39 is 6.61 Å². The third kappa shape index (κ3) is 5.24. The third-order valence-corrected chi connectivity index (χ3v) is 3.19. The summed E-state index contributed by atoms with van der Waals surface area (Å²) in [6.07, 6.45) is 2.88. The Morgan fingerprint density at radius 1 is 1.21 bits per heavy atom. The Morgan fingerprint density at radius 2 is 1.92 bits per heavy atom. The number of hydrogen-bond acceptors (Lipinski definition) is 3. The molecule has 2 aromatic carbocycles. The molecule has 0 aromatic heterocycles. The summed E-state index contributed by atoms with van der Waals surface area (Å²) in [7, 11) is 1.52. The molecule has 2 aromatic rings. The van der Waals surface area contributed by atoms with Crippen molar-refractivity contribution in [3.05, 3.63) is 59.1 Å². The molecule has 0 spiro atoms. The second kappa shape index (κ2) is 8.31. The van der Waals surface area contributed by atoms with Gasteiger partial charge in [0.05, 0.1) is 7.11 Å². The van der Waals surface area contributed by atoms with Crippen molar-refractivity contribution >= 4 is 29.3 Å². The molecule has 0 radical (unpaired) electrons. The lowest BCUT2D eigenvalue weighted by Crippen LogP contribution is -2.08. The fourth-order valence-corrected chi connectivity index (χ4v) is 2.09. The third-order valence-electron chi connectivity index (χ3n) is 2.95. The predicted octanol–water partition coefficient (Wildman–Crippen LogP) is 4.60. The van der Waals surface area contributed by atoms with Crippen molar-refractivity contribution in [2.24, 2.45) is 0 Å². The van der Waals surface area contributed by atoms with E-state index in [0.717, 1.165) is 0 Å². The fourth-order valence-electron chi connectivity index (χ4n) is 1.90. The van der Waals surface area contributed by atoms with Gasteiger partial charge in [0, 0.05) is 22.3 Å². The molecule has 0 saturated carbocycles. The molecule has 0 aliphatic rings. The molecule has 0 atom stereocenters. The highest BCUT2D eigenvalue weighted by molar-refractivity contribution is 6.30. The lowest BCUT2D eigenvalue weighted by atomic mass is 10.2. The van der Waals surface area contributed by atoms with E-state index in [4.69, 9.17) is 16.3 Å². The van der Waals surface area contributed by atoms with Crippen molar-refractivity contribution in [2.45, 2.75) is 6.61 Å². The van der Waals surface area contributed by atoms with E-state index in [1.165, 1.54) is 37.5 Å². The van der Waals surface area contributed by atoms with Crippen LogP contribution in [0.1, 0.15) is 5.56 Å². The molecule has 0 fully saturated rings. The van der Waals surface area contributed by atoms with Gasteiger partial charge in [-0.25, -0.2) is 0 Å². The summed E-state index contributed by atoms with van der Waals surface area (Å²) < 4.78 is 33.5. The number of halogens is 3. The minimum atomic E-state index is -2.89. The Bertz CT molecular complexity index is 733. The van der Waals surface area contributed by atoms with Crippen molar-refractivity contribution in [2.75, 3.05) is 12.4 Å². The van der Waals surface area contributed by atoms with Crippen molar-refractivity contribution in [1.29, 1.82) is 0 Å². The first kappa shape index (κ1) is 17.7. The van der Waals surface area contributed by atoms with Gasteiger partial charge in [-0.3, -0.25) is 4.79 Å². The van der Waals surface area contributed by atoms with Gasteiger partial charge in [-0.05, 0) is 48.5 Å². The van der Waals surface area contributed by atoms with E-state index >= 15 is 0 Å². The minimum Gasteiger partial charge on any atom is -0.496 e. The number of ether oxygens (including phenoxy) is 2. The average Bonchev–Trinajstić information content (AvgIpc) is 2.54. The van der Waals surface area contributed by atoms with E-state index in [0.29, 0.717) is 22.0 Å². The molecule has 0 aliphatic carbocycles. The fraction of sp³-hybridized carbons (Fsp3) is 0.118. The molecule has 7 heteroatoms. The number of carbonyl (C=O) groups excluding carboxylic acids is 1. The topological polar surface area (TPSA) is 47.6 Å². The highest BCUT2D eigenvalue weighted by Crippen LogP contribution is 2.24. The largest absolute Gasteiger partial charge is 0.496 e. The molecule has 24 heavy (non-hydrogen) atoms. The van der Waals surface area contributed by atoms with E-state index in [9.17, 15) is 13.6 Å². The standard InChI is InChI=1S/C17H14ClF2NO3/c1-23-15-8-3-12(18)10-11(15)2-9-16(22)21-13-4-6-14(7-5-13)24-17(19)20/h2-10,17H,1H3,(H,21,22)/b9-2+. The van der Waals surface area contributed by atoms with Gasteiger partial charge in [-0.2, -0.15) is 8.78 Å². The second-order valence-corrected chi connectivity index (χ2v) is 5.05. The molecule has 0 saturated heterocycles. The molecule has 0 bridgehead atoms. The molecule has 0 aliphatic heterocycles. The zero-order chi connectivity index (χ0) is 17.5. The molecular weight excluding hydrogens is 340 g/mol. The second-order valence-electron chi connectivity index (χ2n) is 4.61. The van der Waals surface area contributed by atoms with Crippen LogP contribution in [0.15, 0.2) is 48.5 Å². The summed E-state index contributed by atoms with van der Waals surface area (Å²) in [4.78, 5) is 11.9. The van der Waals surface area contributed by atoms with Crippen LogP contribution in [0.3, 0.4) is 0 Å². The van der Waals surface area contributed by atoms with Crippen LogP contribution in [-0.2, 0) is 4.79 Å². The van der Waals surface area contributed by atoms with Crippen LogP contribution in [0.25, 0.3) is 6.08 Å². The lowest BCUT2D eigenvalue weighted by Gasteiger charge is -2.06. The maximum Gasteiger partial charge on any atom is 0.387 e. The van der Waals surface area contributed by atoms with Gasteiger partial charge in [-0.15, -0.1) is 0 Å². The Labute approximate surface area is 142 Å². The number of nitrogens with one attached hydrogen (secondary N) is 1. The summed E-state index contributed by atoms with van der Waals surface area (Å²) in [5.74, 6) is 0.207.